The third-order valence-electron chi connectivity index (χ3n) is 5.97. The van der Waals surface area contributed by atoms with E-state index in [-0.39, 0.29) is 43.7 Å². The lowest BCUT2D eigenvalue weighted by Gasteiger charge is -2.29. The largest absolute Gasteiger partial charge is 0.370 e. The van der Waals surface area contributed by atoms with Crippen LogP contribution in [0, 0.1) is 5.92 Å². The van der Waals surface area contributed by atoms with Crippen LogP contribution in [0.3, 0.4) is 0 Å². The van der Waals surface area contributed by atoms with Crippen molar-refractivity contribution in [2.75, 3.05) is 19.6 Å². The van der Waals surface area contributed by atoms with Crippen LogP contribution in [0.25, 0.3) is 0 Å². The summed E-state index contributed by atoms with van der Waals surface area (Å²) < 4.78 is 0. The standard InChI is InChI=1S/C23H43N9O5/c1-14(2)12-18(31-19(34)16(24)7-3-10-29-23(27)37)20(35)30-17(8-4-9-28-22(25)26)21(36)32-11-5-6-15(32)13-33/h13-18H,3-12,24H2,1-2H3,(H,30,35)(H,31,34)(H4,25,26,28)(H3,27,29,37)/t15-,16-,17-,18-/m0/s1. The number of aldehydes is 1. The number of primary amides is 1. The molecule has 14 nitrogen and oxygen atoms in total. The summed E-state index contributed by atoms with van der Waals surface area (Å²) in [5.41, 5.74) is 21.7. The molecule has 4 atom stereocenters. The van der Waals surface area contributed by atoms with Crippen molar-refractivity contribution in [3.63, 3.8) is 0 Å². The Kier molecular flexibility index (Phi) is 14.0. The van der Waals surface area contributed by atoms with Crippen LogP contribution in [0.2, 0.25) is 0 Å². The summed E-state index contributed by atoms with van der Waals surface area (Å²) in [6.45, 7) is 4.77. The van der Waals surface area contributed by atoms with Crippen molar-refractivity contribution in [2.24, 2.45) is 33.8 Å². The van der Waals surface area contributed by atoms with E-state index < -0.39 is 42.0 Å². The van der Waals surface area contributed by atoms with Gasteiger partial charge in [0.2, 0.25) is 17.7 Å². The van der Waals surface area contributed by atoms with E-state index in [1.807, 2.05) is 13.8 Å². The van der Waals surface area contributed by atoms with Gasteiger partial charge in [0.1, 0.15) is 18.4 Å². The average Bonchev–Trinajstić information content (AvgIpc) is 3.30. The van der Waals surface area contributed by atoms with Crippen LogP contribution in [-0.2, 0) is 19.2 Å². The van der Waals surface area contributed by atoms with Crippen molar-refractivity contribution in [2.45, 2.75) is 83.0 Å². The minimum atomic E-state index is -0.921. The molecule has 0 spiro atoms. The van der Waals surface area contributed by atoms with Gasteiger partial charge in [0.25, 0.3) is 0 Å². The summed E-state index contributed by atoms with van der Waals surface area (Å²) >= 11 is 0. The molecule has 0 bridgehead atoms. The molecule has 37 heavy (non-hydrogen) atoms. The molecule has 5 amide bonds. The molecule has 0 saturated carbocycles. The molecule has 0 radical (unpaired) electrons. The van der Waals surface area contributed by atoms with E-state index in [0.717, 1.165) is 6.29 Å². The fraction of sp³-hybridized carbons (Fsp3) is 0.739. The van der Waals surface area contributed by atoms with E-state index >= 15 is 0 Å². The number of carbonyl (C=O) groups excluding carboxylic acids is 5. The molecule has 210 valence electrons. The number of aliphatic imine (C=N–C) groups is 1. The zero-order valence-electron chi connectivity index (χ0n) is 21.8. The molecule has 0 aromatic carbocycles. The van der Waals surface area contributed by atoms with Crippen molar-refractivity contribution in [3.05, 3.63) is 0 Å². The molecule has 0 aromatic rings. The predicted molar refractivity (Wildman–Crippen MR) is 139 cm³/mol. The first kappa shape index (κ1) is 31.6. The summed E-state index contributed by atoms with van der Waals surface area (Å²) in [5.74, 6) is -1.42. The number of hydrogen-bond acceptors (Lipinski definition) is 7. The van der Waals surface area contributed by atoms with E-state index in [0.29, 0.717) is 38.6 Å². The Bertz CT molecular complexity index is 816. The van der Waals surface area contributed by atoms with Crippen molar-refractivity contribution in [3.8, 4) is 0 Å². The molecular formula is C23H43N9O5. The monoisotopic (exact) mass is 525 g/mol. The Morgan fingerprint density at radius 3 is 2.30 bits per heavy atom. The average molecular weight is 526 g/mol. The summed E-state index contributed by atoms with van der Waals surface area (Å²) in [6.07, 6.45) is 3.70. The van der Waals surface area contributed by atoms with Crippen molar-refractivity contribution >= 4 is 36.0 Å². The summed E-state index contributed by atoms with van der Waals surface area (Å²) in [6, 6.07) is -3.93. The number of hydrogen-bond donors (Lipinski definition) is 7. The highest BCUT2D eigenvalue weighted by Crippen LogP contribution is 2.18. The third kappa shape index (κ3) is 11.9. The number of carbonyl (C=O) groups is 5. The van der Waals surface area contributed by atoms with Gasteiger partial charge in [-0.15, -0.1) is 0 Å². The second-order valence-electron chi connectivity index (χ2n) is 9.62. The van der Waals surface area contributed by atoms with Crippen molar-refractivity contribution in [1.29, 1.82) is 0 Å². The van der Waals surface area contributed by atoms with Gasteiger partial charge in [-0.05, 0) is 50.9 Å². The van der Waals surface area contributed by atoms with E-state index in [4.69, 9.17) is 22.9 Å². The quantitative estimate of drug-likeness (QED) is 0.0514. The molecule has 0 aromatic heterocycles. The number of nitrogens with zero attached hydrogens (tertiary/aromatic N) is 2. The minimum Gasteiger partial charge on any atom is -0.370 e. The molecule has 14 heteroatoms. The van der Waals surface area contributed by atoms with Gasteiger partial charge in [0, 0.05) is 19.6 Å². The lowest BCUT2D eigenvalue weighted by molar-refractivity contribution is -0.139. The molecule has 11 N–H and O–H groups in total. The number of urea groups is 1. The Morgan fingerprint density at radius 1 is 1.03 bits per heavy atom. The molecular weight excluding hydrogens is 482 g/mol. The normalized spacial score (nSPS) is 17.4. The van der Waals surface area contributed by atoms with E-state index in [9.17, 15) is 24.0 Å². The highest BCUT2D eigenvalue weighted by molar-refractivity contribution is 5.93. The number of guanidine groups is 1. The van der Waals surface area contributed by atoms with Crippen LogP contribution in [-0.4, -0.2) is 84.7 Å². The Hall–Kier alpha value is -3.42. The lowest BCUT2D eigenvalue weighted by atomic mass is 10.0. The van der Waals surface area contributed by atoms with Gasteiger partial charge in [-0.1, -0.05) is 13.8 Å². The van der Waals surface area contributed by atoms with Crippen LogP contribution in [0.5, 0.6) is 0 Å². The highest BCUT2D eigenvalue weighted by Gasteiger charge is 2.35. The first-order chi connectivity index (χ1) is 17.5. The van der Waals surface area contributed by atoms with Crippen molar-refractivity contribution in [1.82, 2.24) is 20.9 Å². The number of rotatable bonds is 16. The Balaban J connectivity index is 2.90. The van der Waals surface area contributed by atoms with Gasteiger partial charge < -0.3 is 48.6 Å². The Morgan fingerprint density at radius 2 is 1.70 bits per heavy atom. The predicted octanol–water partition coefficient (Wildman–Crippen LogP) is -1.98. The van der Waals surface area contributed by atoms with Gasteiger partial charge in [0.05, 0.1) is 12.1 Å². The first-order valence-corrected chi connectivity index (χ1v) is 12.7. The second kappa shape index (κ2) is 16.3. The number of nitrogens with two attached hydrogens (primary N) is 4. The molecule has 1 aliphatic rings. The van der Waals surface area contributed by atoms with Crippen LogP contribution in [0.1, 0.15) is 58.8 Å². The van der Waals surface area contributed by atoms with Gasteiger partial charge in [-0.25, -0.2) is 4.79 Å². The second-order valence-corrected chi connectivity index (χ2v) is 9.62. The maximum absolute atomic E-state index is 13.3. The lowest BCUT2D eigenvalue weighted by Crippen LogP contribution is -2.57. The summed E-state index contributed by atoms with van der Waals surface area (Å²) in [7, 11) is 0. The van der Waals surface area contributed by atoms with Crippen molar-refractivity contribution < 1.29 is 24.0 Å². The first-order valence-electron chi connectivity index (χ1n) is 12.7. The fourth-order valence-corrected chi connectivity index (χ4v) is 4.09. The number of likely N-dealkylation sites (tertiary alicyclic amines) is 1. The SMILES string of the molecule is CC(C)C[C@H](NC(=O)[C@@H](N)CCCNC(N)=O)C(=O)N[C@@H](CCCN=C(N)N)C(=O)N1CCC[C@H]1C=O. The van der Waals surface area contributed by atoms with Gasteiger partial charge in [-0.3, -0.25) is 19.4 Å². The zero-order valence-corrected chi connectivity index (χ0v) is 21.8. The minimum absolute atomic E-state index is 0.0566. The number of nitrogens with one attached hydrogen (secondary N) is 3. The smallest absolute Gasteiger partial charge is 0.312 e. The maximum atomic E-state index is 13.3. The molecule has 1 saturated heterocycles. The van der Waals surface area contributed by atoms with E-state index in [2.05, 4.69) is 20.9 Å². The molecule has 0 aliphatic carbocycles. The fourth-order valence-electron chi connectivity index (χ4n) is 4.09. The summed E-state index contributed by atoms with van der Waals surface area (Å²) in [4.78, 5) is 66.8. The molecule has 0 unspecified atom stereocenters. The van der Waals surface area contributed by atoms with Crippen LogP contribution in [0.15, 0.2) is 4.99 Å². The molecule has 1 aliphatic heterocycles. The third-order valence-corrected chi connectivity index (χ3v) is 5.97. The van der Waals surface area contributed by atoms with E-state index in [1.165, 1.54) is 4.90 Å². The van der Waals surface area contributed by atoms with Gasteiger partial charge in [-0.2, -0.15) is 0 Å². The van der Waals surface area contributed by atoms with Crippen LogP contribution < -0.4 is 38.9 Å². The van der Waals surface area contributed by atoms with Gasteiger partial charge >= 0.3 is 6.03 Å². The van der Waals surface area contributed by atoms with Crippen LogP contribution >= 0.6 is 0 Å². The summed E-state index contributed by atoms with van der Waals surface area (Å²) in [5, 5.41) is 7.88. The zero-order chi connectivity index (χ0) is 28.0. The highest BCUT2D eigenvalue weighted by atomic mass is 16.2. The topological polar surface area (TPSA) is 241 Å². The number of amides is 5. The molecule has 1 fully saturated rings. The maximum Gasteiger partial charge on any atom is 0.312 e. The molecule has 1 heterocycles. The Labute approximate surface area is 217 Å². The van der Waals surface area contributed by atoms with Gasteiger partial charge in [0.15, 0.2) is 5.96 Å². The molecule has 1 rings (SSSR count). The van der Waals surface area contributed by atoms with E-state index in [1.54, 1.807) is 0 Å². The van der Waals surface area contributed by atoms with Crippen LogP contribution in [0.4, 0.5) is 4.79 Å².